The molecule has 0 aliphatic rings. The second kappa shape index (κ2) is 9.71. The molecule has 0 atom stereocenters. The Hall–Kier alpha value is -2.38. The molecule has 0 fully saturated rings. The van der Waals surface area contributed by atoms with Gasteiger partial charge in [-0.1, -0.05) is 58.0 Å². The van der Waals surface area contributed by atoms with E-state index in [1.165, 1.54) is 24.3 Å². The first kappa shape index (κ1) is 23.7. The first-order valence-electron chi connectivity index (χ1n) is 8.49. The molecule has 0 spiro atoms. The Morgan fingerprint density at radius 3 is 1.75 bits per heavy atom. The van der Waals surface area contributed by atoms with Crippen LogP contribution in [0.1, 0.15) is 50.7 Å². The van der Waals surface area contributed by atoms with Crippen LogP contribution >= 0.6 is 0 Å². The van der Waals surface area contributed by atoms with Crippen molar-refractivity contribution in [3.05, 3.63) is 59.7 Å². The highest BCUT2D eigenvalue weighted by atomic mass is 19.4. The van der Waals surface area contributed by atoms with Gasteiger partial charge in [0.25, 0.3) is 0 Å². The third-order valence-electron chi connectivity index (χ3n) is 3.53. The third-order valence-corrected chi connectivity index (χ3v) is 3.53. The van der Waals surface area contributed by atoms with Crippen LogP contribution in [0.25, 0.3) is 0 Å². The summed E-state index contributed by atoms with van der Waals surface area (Å²) < 4.78 is 79.1. The second-order valence-electron chi connectivity index (χ2n) is 6.52. The van der Waals surface area contributed by atoms with E-state index in [9.17, 15) is 26.3 Å². The number of alkyl halides is 6. The third kappa shape index (κ3) is 9.01. The molecular formula is C20H22F6O2. The summed E-state index contributed by atoms with van der Waals surface area (Å²) in [4.78, 5) is 0. The molecule has 8 heteroatoms. The van der Waals surface area contributed by atoms with Crippen molar-refractivity contribution in [1.29, 1.82) is 0 Å². The standard InChI is InChI=1S/2C10H11F3O/c1-7(2)8-4-3-5-9(6-8)14-10(11,12)13;1-7(2)8-5-3-4-6-9(8)14-10(11,12)13/h2*3-7H,1-2H3. The van der Waals surface area contributed by atoms with Crippen LogP contribution in [0.3, 0.4) is 0 Å². The van der Waals surface area contributed by atoms with E-state index in [1.54, 1.807) is 24.3 Å². The van der Waals surface area contributed by atoms with Gasteiger partial charge in [0.15, 0.2) is 0 Å². The van der Waals surface area contributed by atoms with E-state index >= 15 is 0 Å². The molecule has 28 heavy (non-hydrogen) atoms. The largest absolute Gasteiger partial charge is 0.573 e. The number of benzene rings is 2. The van der Waals surface area contributed by atoms with Gasteiger partial charge in [0, 0.05) is 0 Å². The molecule has 0 saturated carbocycles. The average molecular weight is 408 g/mol. The quantitative estimate of drug-likeness (QED) is 0.490. The Kier molecular flexibility index (Phi) is 8.20. The molecule has 2 aromatic rings. The van der Waals surface area contributed by atoms with Gasteiger partial charge < -0.3 is 9.47 Å². The van der Waals surface area contributed by atoms with Gasteiger partial charge in [-0.2, -0.15) is 0 Å². The fraction of sp³-hybridized carbons (Fsp3) is 0.400. The predicted molar refractivity (Wildman–Crippen MR) is 94.4 cm³/mol. The van der Waals surface area contributed by atoms with Gasteiger partial charge in [-0.15, -0.1) is 26.3 Å². The molecule has 0 aromatic heterocycles. The van der Waals surface area contributed by atoms with E-state index in [2.05, 4.69) is 9.47 Å². The van der Waals surface area contributed by atoms with Crippen molar-refractivity contribution in [3.8, 4) is 11.5 Å². The summed E-state index contributed by atoms with van der Waals surface area (Å²) in [6, 6.07) is 12.2. The van der Waals surface area contributed by atoms with Crippen molar-refractivity contribution in [3.63, 3.8) is 0 Å². The normalized spacial score (nSPS) is 11.9. The maximum Gasteiger partial charge on any atom is 0.573 e. The first-order valence-corrected chi connectivity index (χ1v) is 8.49. The number of ether oxygens (including phenoxy) is 2. The zero-order valence-electron chi connectivity index (χ0n) is 15.9. The fourth-order valence-corrected chi connectivity index (χ4v) is 2.25. The van der Waals surface area contributed by atoms with E-state index < -0.39 is 12.7 Å². The zero-order valence-corrected chi connectivity index (χ0v) is 15.9. The van der Waals surface area contributed by atoms with Crippen molar-refractivity contribution < 1.29 is 35.8 Å². The van der Waals surface area contributed by atoms with E-state index in [0.29, 0.717) is 5.56 Å². The highest BCUT2D eigenvalue weighted by Crippen LogP contribution is 2.30. The van der Waals surface area contributed by atoms with Crippen molar-refractivity contribution in [2.24, 2.45) is 0 Å². The van der Waals surface area contributed by atoms with Gasteiger partial charge in [0.1, 0.15) is 11.5 Å². The van der Waals surface area contributed by atoms with Crippen LogP contribution in [0.2, 0.25) is 0 Å². The SMILES string of the molecule is CC(C)c1cccc(OC(F)(F)F)c1.CC(C)c1ccccc1OC(F)(F)F. The molecule has 0 aliphatic carbocycles. The maximum absolute atomic E-state index is 12.0. The molecular weight excluding hydrogens is 386 g/mol. The lowest BCUT2D eigenvalue weighted by molar-refractivity contribution is -0.275. The van der Waals surface area contributed by atoms with Crippen molar-refractivity contribution >= 4 is 0 Å². The van der Waals surface area contributed by atoms with E-state index in [1.807, 2.05) is 27.7 Å². The Morgan fingerprint density at radius 2 is 1.25 bits per heavy atom. The minimum Gasteiger partial charge on any atom is -0.406 e. The van der Waals surface area contributed by atoms with Gasteiger partial charge in [-0.3, -0.25) is 0 Å². The van der Waals surface area contributed by atoms with Crippen LogP contribution in [-0.4, -0.2) is 12.7 Å². The molecule has 156 valence electrons. The summed E-state index contributed by atoms with van der Waals surface area (Å²) in [7, 11) is 0. The number of hydrogen-bond donors (Lipinski definition) is 0. The van der Waals surface area contributed by atoms with E-state index in [4.69, 9.17) is 0 Å². The Morgan fingerprint density at radius 1 is 0.679 bits per heavy atom. The van der Waals surface area contributed by atoms with Crippen LogP contribution in [0.4, 0.5) is 26.3 Å². The lowest BCUT2D eigenvalue weighted by Crippen LogP contribution is -2.18. The summed E-state index contributed by atoms with van der Waals surface area (Å²) in [6.07, 6.45) is -9.24. The molecule has 0 saturated heterocycles. The number of para-hydroxylation sites is 1. The minimum absolute atomic E-state index is 0.00792. The topological polar surface area (TPSA) is 18.5 Å². The molecule has 0 bridgehead atoms. The number of halogens is 6. The summed E-state index contributed by atoms with van der Waals surface area (Å²) in [5.41, 5.74) is 1.39. The zero-order chi connectivity index (χ0) is 21.5. The maximum atomic E-state index is 12.0. The molecule has 2 nitrogen and oxygen atoms in total. The highest BCUT2D eigenvalue weighted by molar-refractivity contribution is 5.35. The molecule has 2 rings (SSSR count). The van der Waals surface area contributed by atoms with Gasteiger partial charge >= 0.3 is 12.7 Å². The molecule has 0 radical (unpaired) electrons. The van der Waals surface area contributed by atoms with Gasteiger partial charge in [-0.25, -0.2) is 0 Å². The molecule has 0 N–H and O–H groups in total. The molecule has 0 aliphatic heterocycles. The molecule has 0 amide bonds. The minimum atomic E-state index is -4.62. The average Bonchev–Trinajstić information content (AvgIpc) is 2.53. The lowest BCUT2D eigenvalue weighted by atomic mass is 10.0. The van der Waals surface area contributed by atoms with E-state index in [0.717, 1.165) is 5.56 Å². The lowest BCUT2D eigenvalue weighted by Gasteiger charge is -2.14. The van der Waals surface area contributed by atoms with Crippen LogP contribution in [0.15, 0.2) is 48.5 Å². The fourth-order valence-electron chi connectivity index (χ4n) is 2.25. The smallest absolute Gasteiger partial charge is 0.406 e. The van der Waals surface area contributed by atoms with Crippen molar-refractivity contribution in [1.82, 2.24) is 0 Å². The van der Waals surface area contributed by atoms with Crippen LogP contribution in [0.5, 0.6) is 11.5 Å². The molecule has 2 aromatic carbocycles. The number of rotatable bonds is 4. The Labute approximate surface area is 160 Å². The second-order valence-corrected chi connectivity index (χ2v) is 6.52. The van der Waals surface area contributed by atoms with Crippen LogP contribution in [0, 0.1) is 0 Å². The number of hydrogen-bond acceptors (Lipinski definition) is 2. The van der Waals surface area contributed by atoms with Gasteiger partial charge in [0.05, 0.1) is 0 Å². The van der Waals surface area contributed by atoms with Crippen molar-refractivity contribution in [2.75, 3.05) is 0 Å². The Bertz CT molecular complexity index is 736. The monoisotopic (exact) mass is 408 g/mol. The molecule has 0 unspecified atom stereocenters. The predicted octanol–water partition coefficient (Wildman–Crippen LogP) is 7.42. The van der Waals surface area contributed by atoms with E-state index in [-0.39, 0.29) is 23.3 Å². The molecule has 0 heterocycles. The van der Waals surface area contributed by atoms with Gasteiger partial charge in [-0.05, 0) is 41.2 Å². The van der Waals surface area contributed by atoms with Gasteiger partial charge in [0.2, 0.25) is 0 Å². The van der Waals surface area contributed by atoms with Crippen LogP contribution in [-0.2, 0) is 0 Å². The summed E-state index contributed by atoms with van der Waals surface area (Å²) >= 11 is 0. The van der Waals surface area contributed by atoms with Crippen LogP contribution < -0.4 is 9.47 Å². The van der Waals surface area contributed by atoms with Crippen molar-refractivity contribution in [2.45, 2.75) is 52.3 Å². The highest BCUT2D eigenvalue weighted by Gasteiger charge is 2.32. The summed E-state index contributed by atoms with van der Waals surface area (Å²) in [6.45, 7) is 7.45. The summed E-state index contributed by atoms with van der Waals surface area (Å²) in [5.74, 6) is -0.0842. The summed E-state index contributed by atoms with van der Waals surface area (Å²) in [5, 5.41) is 0. The Balaban J connectivity index is 0.000000280. The first-order chi connectivity index (χ1) is 12.8.